The van der Waals surface area contributed by atoms with E-state index in [0.29, 0.717) is 13.0 Å². The summed E-state index contributed by atoms with van der Waals surface area (Å²) in [5.41, 5.74) is 5.82. The van der Waals surface area contributed by atoms with Crippen LogP contribution in [0.25, 0.3) is 0 Å². The summed E-state index contributed by atoms with van der Waals surface area (Å²) in [6, 6.07) is 3.96. The second-order valence-electron chi connectivity index (χ2n) is 4.77. The Morgan fingerprint density at radius 3 is 2.62 bits per heavy atom. The third-order valence-corrected chi connectivity index (χ3v) is 5.26. The van der Waals surface area contributed by atoms with Gasteiger partial charge in [0.25, 0.3) is 0 Å². The van der Waals surface area contributed by atoms with Crippen LogP contribution in [-0.2, 0) is 14.8 Å². The van der Waals surface area contributed by atoms with Crippen molar-refractivity contribution in [3.05, 3.63) is 23.8 Å². The molecule has 116 valence electrons. The van der Waals surface area contributed by atoms with Crippen LogP contribution >= 0.6 is 0 Å². The summed E-state index contributed by atoms with van der Waals surface area (Å²) >= 11 is 0. The lowest BCUT2D eigenvalue weighted by Gasteiger charge is -2.17. The van der Waals surface area contributed by atoms with E-state index in [0.717, 1.165) is 0 Å². The summed E-state index contributed by atoms with van der Waals surface area (Å²) in [7, 11) is -1.05. The fourth-order valence-electron chi connectivity index (χ4n) is 2.24. The van der Waals surface area contributed by atoms with E-state index < -0.39 is 16.0 Å². The number of nitrogens with zero attached hydrogens (tertiary/aromatic N) is 1. The maximum atomic E-state index is 12.5. The molecule has 1 saturated heterocycles. The van der Waals surface area contributed by atoms with Crippen molar-refractivity contribution in [2.24, 2.45) is 5.73 Å². The van der Waals surface area contributed by atoms with Crippen LogP contribution in [0, 0.1) is 0 Å². The van der Waals surface area contributed by atoms with E-state index in [1.807, 2.05) is 0 Å². The van der Waals surface area contributed by atoms with Gasteiger partial charge in [-0.15, -0.1) is 0 Å². The molecule has 2 rings (SSSR count). The number of carbonyl (C=O) groups is 1. The monoisotopic (exact) mass is 314 g/mol. The topological polar surface area (TPSA) is 98.9 Å². The predicted molar refractivity (Wildman–Crippen MR) is 75.7 cm³/mol. The van der Waals surface area contributed by atoms with E-state index in [9.17, 15) is 13.2 Å². The van der Waals surface area contributed by atoms with Crippen LogP contribution in [-0.4, -0.2) is 52.0 Å². The van der Waals surface area contributed by atoms with Crippen molar-refractivity contribution < 1.29 is 22.7 Å². The molecule has 0 amide bonds. The third kappa shape index (κ3) is 3.02. The number of hydrogen-bond acceptors (Lipinski definition) is 6. The normalized spacial score (nSPS) is 19.5. The summed E-state index contributed by atoms with van der Waals surface area (Å²) in [6.07, 6.45) is 0.624. The van der Waals surface area contributed by atoms with Gasteiger partial charge in [-0.3, -0.25) is 0 Å². The van der Waals surface area contributed by atoms with Crippen LogP contribution in [0.15, 0.2) is 23.1 Å². The Kier molecular flexibility index (Phi) is 4.50. The third-order valence-electron chi connectivity index (χ3n) is 3.40. The molecule has 1 aromatic rings. The molecule has 0 aliphatic carbocycles. The van der Waals surface area contributed by atoms with Gasteiger partial charge in [-0.05, 0) is 24.6 Å². The van der Waals surface area contributed by atoms with Crippen LogP contribution in [0.2, 0.25) is 0 Å². The standard InChI is InChI=1S/C13H18N2O5S/c1-19-12-4-3-10(7-11(12)13(16)20-2)21(17,18)15-6-5-9(14)8-15/h3-4,7,9H,5-6,8,14H2,1-2H3/t9-/m1/s1. The number of sulfonamides is 1. The first-order valence-corrected chi connectivity index (χ1v) is 7.86. The van der Waals surface area contributed by atoms with Gasteiger partial charge < -0.3 is 15.2 Å². The summed E-state index contributed by atoms with van der Waals surface area (Å²) < 4.78 is 36.1. The molecule has 2 N–H and O–H groups in total. The van der Waals surface area contributed by atoms with E-state index in [2.05, 4.69) is 4.74 Å². The first-order chi connectivity index (χ1) is 9.90. The van der Waals surface area contributed by atoms with Crippen LogP contribution in [0.5, 0.6) is 5.75 Å². The maximum absolute atomic E-state index is 12.5. The second-order valence-corrected chi connectivity index (χ2v) is 6.70. The number of benzene rings is 1. The lowest BCUT2D eigenvalue weighted by Crippen LogP contribution is -2.32. The minimum atomic E-state index is -3.67. The zero-order valence-corrected chi connectivity index (χ0v) is 12.7. The van der Waals surface area contributed by atoms with Crippen molar-refractivity contribution in [2.75, 3.05) is 27.3 Å². The SMILES string of the molecule is COC(=O)c1cc(S(=O)(=O)N2CC[C@@H](N)C2)ccc1OC. The van der Waals surface area contributed by atoms with Gasteiger partial charge in [-0.25, -0.2) is 13.2 Å². The van der Waals surface area contributed by atoms with Crippen LogP contribution < -0.4 is 10.5 Å². The maximum Gasteiger partial charge on any atom is 0.341 e. The Morgan fingerprint density at radius 2 is 2.10 bits per heavy atom. The number of methoxy groups -OCH3 is 2. The molecule has 0 bridgehead atoms. The summed E-state index contributed by atoms with van der Waals surface area (Å²) in [6.45, 7) is 0.658. The second kappa shape index (κ2) is 6.00. The number of nitrogens with two attached hydrogens (primary N) is 1. The smallest absolute Gasteiger partial charge is 0.341 e. The molecular weight excluding hydrogens is 296 g/mol. The first-order valence-electron chi connectivity index (χ1n) is 6.42. The Labute approximate surface area is 123 Å². The molecule has 0 unspecified atom stereocenters. The molecule has 1 aliphatic rings. The van der Waals surface area contributed by atoms with Crippen LogP contribution in [0.1, 0.15) is 16.8 Å². The van der Waals surface area contributed by atoms with Crippen molar-refractivity contribution in [1.29, 1.82) is 0 Å². The van der Waals surface area contributed by atoms with E-state index in [1.165, 1.54) is 36.7 Å². The minimum Gasteiger partial charge on any atom is -0.496 e. The number of hydrogen-bond donors (Lipinski definition) is 1. The van der Waals surface area contributed by atoms with Gasteiger partial charge in [0, 0.05) is 19.1 Å². The largest absolute Gasteiger partial charge is 0.496 e. The van der Waals surface area contributed by atoms with Crippen molar-refractivity contribution in [3.63, 3.8) is 0 Å². The lowest BCUT2D eigenvalue weighted by molar-refractivity contribution is 0.0597. The fourth-order valence-corrected chi connectivity index (χ4v) is 3.78. The van der Waals surface area contributed by atoms with Gasteiger partial charge in [0.15, 0.2) is 0 Å². The average molecular weight is 314 g/mol. The predicted octanol–water partition coefficient (Wildman–Crippen LogP) is 0.204. The van der Waals surface area contributed by atoms with Gasteiger partial charge in [0.2, 0.25) is 10.0 Å². The summed E-state index contributed by atoms with van der Waals surface area (Å²) in [4.78, 5) is 11.7. The molecule has 1 atom stereocenters. The van der Waals surface area contributed by atoms with Crippen molar-refractivity contribution >= 4 is 16.0 Å². The average Bonchev–Trinajstić information content (AvgIpc) is 2.93. The van der Waals surface area contributed by atoms with Gasteiger partial charge in [-0.1, -0.05) is 0 Å². The lowest BCUT2D eigenvalue weighted by atomic mass is 10.2. The van der Waals surface area contributed by atoms with Crippen LogP contribution in [0.3, 0.4) is 0 Å². The van der Waals surface area contributed by atoms with Gasteiger partial charge in [0.05, 0.1) is 19.1 Å². The molecule has 0 radical (unpaired) electrons. The quantitative estimate of drug-likeness (QED) is 0.797. The molecule has 7 nitrogen and oxygen atoms in total. The van der Waals surface area contributed by atoms with Crippen molar-refractivity contribution in [3.8, 4) is 5.75 Å². The summed E-state index contributed by atoms with van der Waals surface area (Å²) in [5.74, 6) is -0.388. The molecule has 1 heterocycles. The Morgan fingerprint density at radius 1 is 1.38 bits per heavy atom. The molecule has 1 aromatic carbocycles. The zero-order chi connectivity index (χ0) is 15.6. The molecule has 0 saturated carbocycles. The van der Waals surface area contributed by atoms with Crippen LogP contribution in [0.4, 0.5) is 0 Å². The van der Waals surface area contributed by atoms with Gasteiger partial charge >= 0.3 is 5.97 Å². The molecule has 0 spiro atoms. The molecular formula is C13H18N2O5S. The highest BCUT2D eigenvalue weighted by Gasteiger charge is 2.31. The molecule has 1 fully saturated rings. The van der Waals surface area contributed by atoms with E-state index in [1.54, 1.807) is 0 Å². The fraction of sp³-hybridized carbons (Fsp3) is 0.462. The molecule has 21 heavy (non-hydrogen) atoms. The Balaban J connectivity index is 2.42. The highest BCUT2D eigenvalue weighted by Crippen LogP contribution is 2.26. The van der Waals surface area contributed by atoms with Gasteiger partial charge in [-0.2, -0.15) is 4.31 Å². The number of rotatable bonds is 4. The van der Waals surface area contributed by atoms with Crippen molar-refractivity contribution in [1.82, 2.24) is 4.31 Å². The zero-order valence-electron chi connectivity index (χ0n) is 11.9. The van der Waals surface area contributed by atoms with E-state index in [4.69, 9.17) is 10.5 Å². The number of carbonyl (C=O) groups excluding carboxylic acids is 1. The molecule has 8 heteroatoms. The van der Waals surface area contributed by atoms with E-state index >= 15 is 0 Å². The van der Waals surface area contributed by atoms with Crippen molar-refractivity contribution in [2.45, 2.75) is 17.4 Å². The van der Waals surface area contributed by atoms with E-state index in [-0.39, 0.29) is 28.8 Å². The Bertz CT molecular complexity index is 644. The molecule has 1 aliphatic heterocycles. The molecule has 0 aromatic heterocycles. The van der Waals surface area contributed by atoms with Gasteiger partial charge in [0.1, 0.15) is 11.3 Å². The summed E-state index contributed by atoms with van der Waals surface area (Å²) in [5, 5.41) is 0. The highest BCUT2D eigenvalue weighted by molar-refractivity contribution is 7.89. The number of esters is 1. The highest BCUT2D eigenvalue weighted by atomic mass is 32.2. The number of ether oxygens (including phenoxy) is 2. The Hall–Kier alpha value is -1.64. The minimum absolute atomic E-state index is 0.0257. The first kappa shape index (κ1) is 15.7.